The van der Waals surface area contributed by atoms with Crippen LogP contribution in [0.5, 0.6) is 5.75 Å². The second-order valence-electron chi connectivity index (χ2n) is 7.13. The van der Waals surface area contributed by atoms with Gasteiger partial charge in [0.25, 0.3) is 0 Å². The molecule has 0 aliphatic carbocycles. The number of hydrogen-bond acceptors (Lipinski definition) is 2. The van der Waals surface area contributed by atoms with Gasteiger partial charge in [0.15, 0.2) is 0 Å². The Morgan fingerprint density at radius 2 is 1.95 bits per heavy atom. The maximum absolute atomic E-state index is 6.24. The number of benzene rings is 1. The average molecular weight is 289 g/mol. The third-order valence-corrected chi connectivity index (χ3v) is 4.32. The maximum Gasteiger partial charge on any atom is 0.127 e. The third-order valence-electron chi connectivity index (χ3n) is 4.32. The molecule has 118 valence electrons. The van der Waals surface area contributed by atoms with Crippen LogP contribution >= 0.6 is 0 Å². The zero-order valence-corrected chi connectivity index (χ0v) is 14.4. The van der Waals surface area contributed by atoms with Gasteiger partial charge in [-0.05, 0) is 46.2 Å². The molecule has 0 fully saturated rings. The molecule has 1 atom stereocenters. The second kappa shape index (κ2) is 6.83. The predicted octanol–water partition coefficient (Wildman–Crippen LogP) is 5.08. The van der Waals surface area contributed by atoms with Gasteiger partial charge in [0.05, 0.1) is 0 Å². The van der Waals surface area contributed by atoms with Crippen molar-refractivity contribution in [3.63, 3.8) is 0 Å². The molecule has 21 heavy (non-hydrogen) atoms. The van der Waals surface area contributed by atoms with Gasteiger partial charge >= 0.3 is 0 Å². The van der Waals surface area contributed by atoms with Gasteiger partial charge in [0.2, 0.25) is 0 Å². The first kappa shape index (κ1) is 16.4. The minimum atomic E-state index is -0.0892. The highest BCUT2D eigenvalue weighted by Crippen LogP contribution is 2.41. The fourth-order valence-corrected chi connectivity index (χ4v) is 3.32. The quantitative estimate of drug-likeness (QED) is 0.738. The Morgan fingerprint density at radius 1 is 1.19 bits per heavy atom. The van der Waals surface area contributed by atoms with Crippen molar-refractivity contribution in [2.45, 2.75) is 78.4 Å². The van der Waals surface area contributed by atoms with E-state index < -0.39 is 0 Å². The summed E-state index contributed by atoms with van der Waals surface area (Å²) in [5.41, 5.74) is 3.85. The third kappa shape index (κ3) is 4.23. The van der Waals surface area contributed by atoms with E-state index in [-0.39, 0.29) is 5.60 Å². The molecule has 0 saturated carbocycles. The lowest BCUT2D eigenvalue weighted by atomic mass is 9.87. The van der Waals surface area contributed by atoms with E-state index in [0.29, 0.717) is 6.04 Å². The number of rotatable bonds is 6. The van der Waals surface area contributed by atoms with E-state index >= 15 is 0 Å². The molecule has 1 aliphatic heterocycles. The lowest BCUT2D eigenvalue weighted by Crippen LogP contribution is -2.40. The predicted molar refractivity (Wildman–Crippen MR) is 90.1 cm³/mol. The molecular weight excluding hydrogens is 258 g/mol. The van der Waals surface area contributed by atoms with E-state index in [1.807, 2.05) is 0 Å². The maximum atomic E-state index is 6.24. The SMILES string of the molecule is CCCCCCNC1CC(C)(C)Oc2c(C)cc(C)cc21. The van der Waals surface area contributed by atoms with Crippen molar-refractivity contribution in [1.29, 1.82) is 0 Å². The molecule has 0 spiro atoms. The van der Waals surface area contributed by atoms with Crippen molar-refractivity contribution in [3.8, 4) is 5.75 Å². The van der Waals surface area contributed by atoms with Crippen LogP contribution in [0, 0.1) is 13.8 Å². The minimum Gasteiger partial charge on any atom is -0.487 e. The van der Waals surface area contributed by atoms with Gasteiger partial charge < -0.3 is 10.1 Å². The Labute approximate surface area is 130 Å². The standard InChI is InChI=1S/C19H31NO/c1-6-7-8-9-10-20-17-13-19(4,5)21-18-15(3)11-14(2)12-16(17)18/h11-12,17,20H,6-10,13H2,1-5H3. The zero-order chi connectivity index (χ0) is 15.5. The fraction of sp³-hybridized carbons (Fsp3) is 0.684. The number of hydrogen-bond donors (Lipinski definition) is 1. The van der Waals surface area contributed by atoms with E-state index in [9.17, 15) is 0 Å². The van der Waals surface area contributed by atoms with Crippen LogP contribution in [0.4, 0.5) is 0 Å². The van der Waals surface area contributed by atoms with Gasteiger partial charge in [-0.15, -0.1) is 0 Å². The smallest absolute Gasteiger partial charge is 0.127 e. The van der Waals surface area contributed by atoms with Crippen molar-refractivity contribution in [1.82, 2.24) is 5.32 Å². The van der Waals surface area contributed by atoms with Crippen LogP contribution in [-0.4, -0.2) is 12.1 Å². The second-order valence-corrected chi connectivity index (χ2v) is 7.13. The van der Waals surface area contributed by atoms with Crippen molar-refractivity contribution in [2.24, 2.45) is 0 Å². The summed E-state index contributed by atoms with van der Waals surface area (Å²) in [7, 11) is 0. The van der Waals surface area contributed by atoms with Gasteiger partial charge in [-0.1, -0.05) is 43.9 Å². The highest BCUT2D eigenvalue weighted by Gasteiger charge is 2.34. The number of fused-ring (bicyclic) bond motifs is 1. The summed E-state index contributed by atoms with van der Waals surface area (Å²) in [5, 5.41) is 3.77. The summed E-state index contributed by atoms with van der Waals surface area (Å²) in [6.45, 7) is 12.1. The largest absolute Gasteiger partial charge is 0.487 e. The Balaban J connectivity index is 2.11. The molecular formula is C19H31NO. The molecule has 0 bridgehead atoms. The van der Waals surface area contributed by atoms with Crippen LogP contribution in [0.1, 0.15) is 75.6 Å². The average Bonchev–Trinajstić information content (AvgIpc) is 2.39. The van der Waals surface area contributed by atoms with Crippen molar-refractivity contribution < 1.29 is 4.74 Å². The molecule has 2 rings (SSSR count). The Kier molecular flexibility index (Phi) is 5.32. The monoisotopic (exact) mass is 289 g/mol. The normalized spacial score (nSPS) is 20.0. The lowest BCUT2D eigenvalue weighted by Gasteiger charge is -2.39. The van der Waals surface area contributed by atoms with Crippen molar-refractivity contribution in [2.75, 3.05) is 6.54 Å². The first-order valence-electron chi connectivity index (χ1n) is 8.46. The Morgan fingerprint density at radius 3 is 2.67 bits per heavy atom. The van der Waals surface area contributed by atoms with Crippen LogP contribution in [0.15, 0.2) is 12.1 Å². The molecule has 1 unspecified atom stereocenters. The highest BCUT2D eigenvalue weighted by atomic mass is 16.5. The van der Waals surface area contributed by atoms with Gasteiger partial charge in [0, 0.05) is 18.0 Å². The molecule has 0 aromatic heterocycles. The van der Waals surface area contributed by atoms with E-state index in [2.05, 4.69) is 52.1 Å². The van der Waals surface area contributed by atoms with Crippen LogP contribution < -0.4 is 10.1 Å². The highest BCUT2D eigenvalue weighted by molar-refractivity contribution is 5.47. The Bertz CT molecular complexity index is 479. The van der Waals surface area contributed by atoms with E-state index in [0.717, 1.165) is 18.7 Å². The van der Waals surface area contributed by atoms with Crippen molar-refractivity contribution in [3.05, 3.63) is 28.8 Å². The zero-order valence-electron chi connectivity index (χ0n) is 14.4. The van der Waals surface area contributed by atoms with E-state index in [1.165, 1.54) is 42.4 Å². The molecule has 1 heterocycles. The Hall–Kier alpha value is -1.02. The van der Waals surface area contributed by atoms with Gasteiger partial charge in [-0.3, -0.25) is 0 Å². The van der Waals surface area contributed by atoms with Crippen LogP contribution in [-0.2, 0) is 0 Å². The van der Waals surface area contributed by atoms with Gasteiger partial charge in [-0.25, -0.2) is 0 Å². The summed E-state index contributed by atoms with van der Waals surface area (Å²) in [6.07, 6.45) is 6.28. The first-order valence-corrected chi connectivity index (χ1v) is 8.46. The fourth-order valence-electron chi connectivity index (χ4n) is 3.32. The molecule has 0 amide bonds. The molecule has 2 nitrogen and oxygen atoms in total. The number of aryl methyl sites for hydroxylation is 2. The lowest BCUT2D eigenvalue weighted by molar-refractivity contribution is 0.0651. The molecule has 1 N–H and O–H groups in total. The van der Waals surface area contributed by atoms with Crippen LogP contribution in [0.3, 0.4) is 0 Å². The van der Waals surface area contributed by atoms with Crippen molar-refractivity contribution >= 4 is 0 Å². The summed E-state index contributed by atoms with van der Waals surface area (Å²) in [4.78, 5) is 0. The van der Waals surface area contributed by atoms with Gasteiger partial charge in [0.1, 0.15) is 11.4 Å². The van der Waals surface area contributed by atoms with E-state index in [4.69, 9.17) is 4.74 Å². The molecule has 0 radical (unpaired) electrons. The molecule has 0 saturated heterocycles. The molecule has 1 aromatic carbocycles. The molecule has 1 aliphatic rings. The molecule has 1 aromatic rings. The summed E-state index contributed by atoms with van der Waals surface area (Å²) >= 11 is 0. The summed E-state index contributed by atoms with van der Waals surface area (Å²) in [6, 6.07) is 4.93. The van der Waals surface area contributed by atoms with E-state index in [1.54, 1.807) is 0 Å². The molecule has 2 heteroatoms. The first-order chi connectivity index (χ1) is 9.93. The number of unbranched alkanes of at least 4 members (excludes halogenated alkanes) is 3. The summed E-state index contributed by atoms with van der Waals surface area (Å²) in [5.74, 6) is 1.10. The number of nitrogens with one attached hydrogen (secondary N) is 1. The minimum absolute atomic E-state index is 0.0892. The number of ether oxygens (including phenoxy) is 1. The van der Waals surface area contributed by atoms with Crippen LogP contribution in [0.25, 0.3) is 0 Å². The topological polar surface area (TPSA) is 21.3 Å². The van der Waals surface area contributed by atoms with Gasteiger partial charge in [-0.2, -0.15) is 0 Å². The summed E-state index contributed by atoms with van der Waals surface area (Å²) < 4.78 is 6.24. The van der Waals surface area contributed by atoms with Crippen LogP contribution in [0.2, 0.25) is 0 Å².